The second-order valence-electron chi connectivity index (χ2n) is 10.8. The second kappa shape index (κ2) is 9.88. The molecular weight excluding hydrogens is 460 g/mol. The summed E-state index contributed by atoms with van der Waals surface area (Å²) in [6.07, 6.45) is -2.54. The van der Waals surface area contributed by atoms with Crippen molar-refractivity contribution >= 4 is 0 Å². The largest absolute Gasteiger partial charge is 0.378 e. The molecule has 0 aliphatic carbocycles. The summed E-state index contributed by atoms with van der Waals surface area (Å²) in [5.41, 5.74) is -0.961. The van der Waals surface area contributed by atoms with E-state index in [-0.39, 0.29) is 0 Å². The molecule has 1 fully saturated rings. The first-order valence-corrected chi connectivity index (χ1v) is 12.7. The van der Waals surface area contributed by atoms with Crippen LogP contribution in [0.5, 0.6) is 0 Å². The van der Waals surface area contributed by atoms with Gasteiger partial charge < -0.3 is 19.7 Å². The van der Waals surface area contributed by atoms with Crippen LogP contribution in [-0.4, -0.2) is 28.7 Å². The molecule has 0 radical (unpaired) electrons. The van der Waals surface area contributed by atoms with E-state index >= 15 is 0 Å². The molecule has 1 unspecified atom stereocenters. The summed E-state index contributed by atoms with van der Waals surface area (Å²) in [6.45, 7) is 6.10. The van der Waals surface area contributed by atoms with Crippen molar-refractivity contribution in [3.05, 3.63) is 144 Å². The zero-order valence-electron chi connectivity index (χ0n) is 21.5. The zero-order chi connectivity index (χ0) is 26.1. The van der Waals surface area contributed by atoms with Crippen LogP contribution in [-0.2, 0) is 20.7 Å². The molecule has 0 amide bonds. The predicted molar refractivity (Wildman–Crippen MR) is 145 cm³/mol. The van der Waals surface area contributed by atoms with Gasteiger partial charge in [-0.3, -0.25) is 0 Å². The standard InChI is InChI=1S/C33H34O4/c1-31(2,3)30-36-28(32(34,24-16-8-4-9-17-24)25-18-10-5-11-19-25)29(37-30)33(35,26-20-12-6-13-21-26)27-22-14-7-15-23-27/h4-23,28-30,34-35H,1-3H3/t28-,29+,30?. The van der Waals surface area contributed by atoms with E-state index in [0.717, 1.165) is 0 Å². The van der Waals surface area contributed by atoms with E-state index in [4.69, 9.17) is 9.47 Å². The summed E-state index contributed by atoms with van der Waals surface area (Å²) in [7, 11) is 0. The fourth-order valence-electron chi connectivity index (χ4n) is 5.24. The molecule has 3 atom stereocenters. The van der Waals surface area contributed by atoms with Gasteiger partial charge in [-0.15, -0.1) is 0 Å². The van der Waals surface area contributed by atoms with E-state index < -0.39 is 35.1 Å². The van der Waals surface area contributed by atoms with Crippen molar-refractivity contribution in [2.45, 2.75) is 50.5 Å². The lowest BCUT2D eigenvalue weighted by molar-refractivity contribution is -0.157. The normalized spacial score (nSPS) is 20.6. The maximum absolute atomic E-state index is 12.7. The van der Waals surface area contributed by atoms with Gasteiger partial charge in [0.1, 0.15) is 23.4 Å². The lowest BCUT2D eigenvalue weighted by Crippen LogP contribution is -2.54. The Labute approximate surface area is 219 Å². The summed E-state index contributed by atoms with van der Waals surface area (Å²) in [4.78, 5) is 0. The highest BCUT2D eigenvalue weighted by Gasteiger charge is 2.60. The Morgan fingerprint density at radius 2 is 0.703 bits per heavy atom. The molecule has 4 heteroatoms. The van der Waals surface area contributed by atoms with Crippen LogP contribution < -0.4 is 0 Å². The van der Waals surface area contributed by atoms with Crippen LogP contribution in [0.4, 0.5) is 0 Å². The number of benzene rings is 4. The maximum Gasteiger partial charge on any atom is 0.163 e. The third-order valence-electron chi connectivity index (χ3n) is 7.20. The summed E-state index contributed by atoms with van der Waals surface area (Å²) >= 11 is 0. The third-order valence-corrected chi connectivity index (χ3v) is 7.20. The Bertz CT molecular complexity index is 1110. The van der Waals surface area contributed by atoms with Crippen molar-refractivity contribution in [2.75, 3.05) is 0 Å². The predicted octanol–water partition coefficient (Wildman–Crippen LogP) is 6.01. The minimum Gasteiger partial charge on any atom is -0.378 e. The molecule has 2 N–H and O–H groups in total. The summed E-state index contributed by atoms with van der Waals surface area (Å²) in [5.74, 6) is 0. The Kier molecular flexibility index (Phi) is 6.78. The zero-order valence-corrected chi connectivity index (χ0v) is 21.5. The molecule has 0 saturated carbocycles. The molecule has 1 aliphatic heterocycles. The SMILES string of the molecule is CC(C)(C)C1O[C@@H](C(O)(c2ccccc2)c2ccccc2)[C@@H](C(O)(c2ccccc2)c2ccccc2)O1. The molecule has 37 heavy (non-hydrogen) atoms. The average Bonchev–Trinajstić information content (AvgIpc) is 3.42. The van der Waals surface area contributed by atoms with Crippen LogP contribution in [0.1, 0.15) is 43.0 Å². The number of rotatable bonds is 6. The Morgan fingerprint density at radius 3 is 0.919 bits per heavy atom. The lowest BCUT2D eigenvalue weighted by Gasteiger charge is -2.42. The maximum atomic E-state index is 12.7. The van der Waals surface area contributed by atoms with Gasteiger partial charge in [-0.05, 0) is 22.3 Å². The summed E-state index contributed by atoms with van der Waals surface area (Å²) in [5, 5.41) is 25.5. The summed E-state index contributed by atoms with van der Waals surface area (Å²) in [6, 6.07) is 38.0. The van der Waals surface area contributed by atoms with Gasteiger partial charge in [0.2, 0.25) is 0 Å². The van der Waals surface area contributed by atoms with Crippen molar-refractivity contribution in [3.8, 4) is 0 Å². The minimum atomic E-state index is -1.61. The monoisotopic (exact) mass is 494 g/mol. The van der Waals surface area contributed by atoms with Crippen LogP contribution in [0, 0.1) is 5.41 Å². The highest BCUT2D eigenvalue weighted by Crippen LogP contribution is 2.50. The topological polar surface area (TPSA) is 58.9 Å². The van der Waals surface area contributed by atoms with E-state index in [0.29, 0.717) is 22.3 Å². The van der Waals surface area contributed by atoms with Gasteiger partial charge >= 0.3 is 0 Å². The van der Waals surface area contributed by atoms with Crippen molar-refractivity contribution in [1.82, 2.24) is 0 Å². The van der Waals surface area contributed by atoms with E-state index in [1.54, 1.807) is 0 Å². The fraction of sp³-hybridized carbons (Fsp3) is 0.273. The average molecular weight is 495 g/mol. The molecule has 0 spiro atoms. The van der Waals surface area contributed by atoms with Gasteiger partial charge in [0.25, 0.3) is 0 Å². The molecule has 1 heterocycles. The van der Waals surface area contributed by atoms with Crippen LogP contribution >= 0.6 is 0 Å². The van der Waals surface area contributed by atoms with Crippen LogP contribution in [0.25, 0.3) is 0 Å². The second-order valence-corrected chi connectivity index (χ2v) is 10.8. The number of hydrogen-bond donors (Lipinski definition) is 2. The first-order chi connectivity index (χ1) is 17.8. The van der Waals surface area contributed by atoms with E-state index in [9.17, 15) is 10.2 Å². The number of aliphatic hydroxyl groups is 2. The molecule has 1 saturated heterocycles. The Balaban J connectivity index is 1.77. The minimum absolute atomic E-state index is 0.407. The van der Waals surface area contributed by atoms with Gasteiger partial charge in [0.05, 0.1) is 0 Å². The smallest absolute Gasteiger partial charge is 0.163 e. The Morgan fingerprint density at radius 1 is 0.459 bits per heavy atom. The highest BCUT2D eigenvalue weighted by molar-refractivity contribution is 5.43. The van der Waals surface area contributed by atoms with E-state index in [1.807, 2.05) is 142 Å². The lowest BCUT2D eigenvalue weighted by atomic mass is 9.72. The molecule has 4 aromatic carbocycles. The van der Waals surface area contributed by atoms with Gasteiger partial charge in [-0.25, -0.2) is 0 Å². The van der Waals surface area contributed by atoms with Crippen molar-refractivity contribution in [3.63, 3.8) is 0 Å². The molecular formula is C33H34O4. The Hall–Kier alpha value is -3.28. The van der Waals surface area contributed by atoms with Gasteiger partial charge in [0, 0.05) is 5.41 Å². The van der Waals surface area contributed by atoms with Crippen molar-refractivity contribution in [2.24, 2.45) is 5.41 Å². The van der Waals surface area contributed by atoms with E-state index in [2.05, 4.69) is 0 Å². The summed E-state index contributed by atoms with van der Waals surface area (Å²) < 4.78 is 13.3. The fourth-order valence-corrected chi connectivity index (χ4v) is 5.24. The highest BCUT2D eigenvalue weighted by atomic mass is 16.7. The number of ether oxygens (including phenoxy) is 2. The van der Waals surface area contributed by atoms with Gasteiger partial charge in [-0.2, -0.15) is 0 Å². The first-order valence-electron chi connectivity index (χ1n) is 12.7. The van der Waals surface area contributed by atoms with Crippen LogP contribution in [0.15, 0.2) is 121 Å². The number of hydrogen-bond acceptors (Lipinski definition) is 4. The van der Waals surface area contributed by atoms with Crippen molar-refractivity contribution in [1.29, 1.82) is 0 Å². The van der Waals surface area contributed by atoms with Crippen molar-refractivity contribution < 1.29 is 19.7 Å². The molecule has 4 nitrogen and oxygen atoms in total. The first kappa shape index (κ1) is 25.4. The quantitative estimate of drug-likeness (QED) is 0.344. The van der Waals surface area contributed by atoms with E-state index in [1.165, 1.54) is 0 Å². The van der Waals surface area contributed by atoms with Crippen LogP contribution in [0.2, 0.25) is 0 Å². The molecule has 0 bridgehead atoms. The molecule has 190 valence electrons. The molecule has 5 rings (SSSR count). The molecule has 1 aliphatic rings. The van der Waals surface area contributed by atoms with Crippen LogP contribution in [0.3, 0.4) is 0 Å². The third kappa shape index (κ3) is 4.51. The van der Waals surface area contributed by atoms with Gasteiger partial charge in [-0.1, -0.05) is 142 Å². The van der Waals surface area contributed by atoms with Gasteiger partial charge in [0.15, 0.2) is 6.29 Å². The molecule has 0 aromatic heterocycles. The molecule has 4 aromatic rings.